The average Bonchev–Trinajstić information content (AvgIpc) is 3.34. The lowest BCUT2D eigenvalue weighted by Gasteiger charge is -2.22. The van der Waals surface area contributed by atoms with Gasteiger partial charge in [0.15, 0.2) is 5.84 Å². The number of nitrogens with zero attached hydrogens (tertiary/aromatic N) is 3. The van der Waals surface area contributed by atoms with Crippen LogP contribution in [0.15, 0.2) is 105 Å². The number of hydrazone groups is 1. The van der Waals surface area contributed by atoms with E-state index in [4.69, 9.17) is 28.3 Å². The fourth-order valence-electron chi connectivity index (χ4n) is 4.99. The van der Waals surface area contributed by atoms with Crippen molar-refractivity contribution in [1.82, 2.24) is 5.01 Å². The van der Waals surface area contributed by atoms with Crippen LogP contribution in [0.1, 0.15) is 39.3 Å². The van der Waals surface area contributed by atoms with Gasteiger partial charge in [-0.1, -0.05) is 83.4 Å². The summed E-state index contributed by atoms with van der Waals surface area (Å²) in [5.74, 6) is 0.173. The first-order chi connectivity index (χ1) is 18.6. The van der Waals surface area contributed by atoms with Gasteiger partial charge in [0.2, 0.25) is 0 Å². The standard InChI is InChI=1S/C31H27Cl2N3O2S/c1-20-17-21(2)29(22(3)18-20)31(35-39(37,38)27-15-13-26(33)14-16-27)36-19-28(23-7-5-4-6-8-23)30(34-36)24-9-11-25(32)12-10-24/h4-18,28H,19H2,1-3H3/b35-31+. The Morgan fingerprint density at radius 3 is 2.00 bits per heavy atom. The monoisotopic (exact) mass is 575 g/mol. The molecular formula is C31H27Cl2N3O2S. The molecule has 1 unspecified atom stereocenters. The smallest absolute Gasteiger partial charge is 0.245 e. The van der Waals surface area contributed by atoms with Crippen LogP contribution in [0.3, 0.4) is 0 Å². The molecule has 0 saturated heterocycles. The van der Waals surface area contributed by atoms with Crippen LogP contribution in [-0.4, -0.2) is 31.5 Å². The van der Waals surface area contributed by atoms with Crippen LogP contribution in [0.25, 0.3) is 0 Å². The first-order valence-corrected chi connectivity index (χ1v) is 14.7. The van der Waals surface area contributed by atoms with Gasteiger partial charge in [0, 0.05) is 21.5 Å². The van der Waals surface area contributed by atoms with Crippen LogP contribution in [-0.2, 0) is 10.0 Å². The molecule has 1 heterocycles. The predicted molar refractivity (Wildman–Crippen MR) is 160 cm³/mol. The maximum absolute atomic E-state index is 13.6. The van der Waals surface area contributed by atoms with Crippen LogP contribution in [0, 0.1) is 20.8 Å². The predicted octanol–water partition coefficient (Wildman–Crippen LogP) is 7.56. The average molecular weight is 577 g/mol. The molecule has 0 amide bonds. The van der Waals surface area contributed by atoms with Crippen molar-refractivity contribution in [3.8, 4) is 0 Å². The number of halogens is 2. The van der Waals surface area contributed by atoms with Crippen molar-refractivity contribution in [1.29, 1.82) is 0 Å². The molecule has 0 radical (unpaired) electrons. The van der Waals surface area contributed by atoms with Crippen molar-refractivity contribution >= 4 is 44.8 Å². The Morgan fingerprint density at radius 2 is 1.41 bits per heavy atom. The normalized spacial score (nSPS) is 15.9. The fourth-order valence-corrected chi connectivity index (χ4v) is 6.24. The molecule has 198 valence electrons. The van der Waals surface area contributed by atoms with Crippen molar-refractivity contribution in [3.05, 3.63) is 134 Å². The minimum atomic E-state index is -4.07. The zero-order valence-corrected chi connectivity index (χ0v) is 24.1. The minimum Gasteiger partial charge on any atom is -0.245 e. The third-order valence-corrected chi connectivity index (χ3v) is 8.50. The highest BCUT2D eigenvalue weighted by atomic mass is 35.5. The lowest BCUT2D eigenvalue weighted by atomic mass is 9.90. The summed E-state index contributed by atoms with van der Waals surface area (Å²) in [6.07, 6.45) is 0. The van der Waals surface area contributed by atoms with Crippen LogP contribution in [0.5, 0.6) is 0 Å². The summed E-state index contributed by atoms with van der Waals surface area (Å²) in [6, 6.07) is 27.7. The lowest BCUT2D eigenvalue weighted by molar-refractivity contribution is 0.475. The Morgan fingerprint density at radius 1 is 0.846 bits per heavy atom. The molecular weight excluding hydrogens is 549 g/mol. The van der Waals surface area contributed by atoms with Crippen molar-refractivity contribution < 1.29 is 8.42 Å². The van der Waals surface area contributed by atoms with Gasteiger partial charge in [0.1, 0.15) is 0 Å². The molecule has 1 aliphatic heterocycles. The van der Waals surface area contributed by atoms with Crippen LogP contribution < -0.4 is 0 Å². The van der Waals surface area contributed by atoms with Gasteiger partial charge < -0.3 is 0 Å². The molecule has 0 aliphatic carbocycles. The first-order valence-electron chi connectivity index (χ1n) is 12.5. The van der Waals surface area contributed by atoms with Gasteiger partial charge in [0.05, 0.1) is 17.2 Å². The third kappa shape index (κ3) is 5.78. The molecule has 1 aliphatic rings. The molecule has 8 heteroatoms. The van der Waals surface area contributed by atoms with Crippen LogP contribution in [0.2, 0.25) is 10.0 Å². The van der Waals surface area contributed by atoms with E-state index in [0.29, 0.717) is 16.6 Å². The Hall–Kier alpha value is -3.45. The van der Waals surface area contributed by atoms with Crippen LogP contribution >= 0.6 is 23.2 Å². The maximum Gasteiger partial charge on any atom is 0.284 e. The molecule has 0 saturated carbocycles. The molecule has 0 aromatic heterocycles. The summed E-state index contributed by atoms with van der Waals surface area (Å²) in [5.41, 5.74) is 6.47. The summed E-state index contributed by atoms with van der Waals surface area (Å²) in [6.45, 7) is 6.37. The third-order valence-electron chi connectivity index (χ3n) is 6.72. The van der Waals surface area contributed by atoms with Gasteiger partial charge in [-0.2, -0.15) is 13.5 Å². The van der Waals surface area contributed by atoms with Crippen LogP contribution in [0.4, 0.5) is 0 Å². The van der Waals surface area contributed by atoms with E-state index in [0.717, 1.165) is 39.1 Å². The van der Waals surface area contributed by atoms with Gasteiger partial charge in [-0.05, 0) is 79.4 Å². The minimum absolute atomic E-state index is 0.0625. The zero-order valence-electron chi connectivity index (χ0n) is 21.8. The Bertz CT molecular complexity index is 1660. The fraction of sp³-hybridized carbons (Fsp3) is 0.161. The summed E-state index contributed by atoms with van der Waals surface area (Å²) in [5, 5.41) is 7.81. The van der Waals surface area contributed by atoms with E-state index in [1.165, 1.54) is 12.1 Å². The lowest BCUT2D eigenvalue weighted by Crippen LogP contribution is -2.29. The quantitative estimate of drug-likeness (QED) is 0.182. The van der Waals surface area contributed by atoms with Crippen molar-refractivity contribution in [2.24, 2.45) is 9.50 Å². The molecule has 5 nitrogen and oxygen atoms in total. The van der Waals surface area contributed by atoms with Crippen molar-refractivity contribution in [3.63, 3.8) is 0 Å². The Kier molecular flexibility index (Phi) is 7.63. The van der Waals surface area contributed by atoms with Gasteiger partial charge in [0.25, 0.3) is 10.0 Å². The maximum atomic E-state index is 13.6. The van der Waals surface area contributed by atoms with Gasteiger partial charge in [-0.25, -0.2) is 5.01 Å². The molecule has 39 heavy (non-hydrogen) atoms. The number of aryl methyl sites for hydroxylation is 3. The van der Waals surface area contributed by atoms with Crippen molar-refractivity contribution in [2.75, 3.05) is 6.54 Å². The number of amidine groups is 1. The molecule has 1 atom stereocenters. The van der Waals surface area contributed by atoms with E-state index in [-0.39, 0.29) is 16.6 Å². The highest BCUT2D eigenvalue weighted by Crippen LogP contribution is 2.32. The van der Waals surface area contributed by atoms with E-state index in [1.807, 2.05) is 75.4 Å². The molecule has 0 fully saturated rings. The number of sulfonamides is 1. The molecule has 4 aromatic rings. The molecule has 0 spiro atoms. The zero-order chi connectivity index (χ0) is 27.7. The molecule has 5 rings (SSSR count). The number of hydrogen-bond donors (Lipinski definition) is 0. The topological polar surface area (TPSA) is 62.1 Å². The Balaban J connectivity index is 1.70. The van der Waals surface area contributed by atoms with E-state index in [9.17, 15) is 8.42 Å². The molecule has 0 N–H and O–H groups in total. The number of benzene rings is 4. The molecule has 4 aromatic carbocycles. The highest BCUT2D eigenvalue weighted by molar-refractivity contribution is 7.90. The second kappa shape index (κ2) is 11.0. The van der Waals surface area contributed by atoms with E-state index in [1.54, 1.807) is 17.1 Å². The largest absolute Gasteiger partial charge is 0.284 e. The van der Waals surface area contributed by atoms with Crippen molar-refractivity contribution in [2.45, 2.75) is 31.6 Å². The summed E-state index contributed by atoms with van der Waals surface area (Å²) in [7, 11) is -4.07. The number of hydrogen-bond acceptors (Lipinski definition) is 3. The number of rotatable bonds is 5. The second-order valence-corrected chi connectivity index (χ2v) is 12.1. The van der Waals surface area contributed by atoms with E-state index < -0.39 is 10.0 Å². The van der Waals surface area contributed by atoms with Gasteiger partial charge >= 0.3 is 0 Å². The van der Waals surface area contributed by atoms with Gasteiger partial charge in [-0.3, -0.25) is 0 Å². The van der Waals surface area contributed by atoms with E-state index >= 15 is 0 Å². The second-order valence-electron chi connectivity index (χ2n) is 9.66. The van der Waals surface area contributed by atoms with Gasteiger partial charge in [-0.15, -0.1) is 4.40 Å². The van der Waals surface area contributed by atoms with E-state index in [2.05, 4.69) is 16.5 Å². The SMILES string of the molecule is Cc1cc(C)c(/C(=N\S(=O)(=O)c2ccc(Cl)cc2)N2CC(c3ccccc3)C(c3ccc(Cl)cc3)=N2)c(C)c1. The molecule has 0 bridgehead atoms. The summed E-state index contributed by atoms with van der Waals surface area (Å²) in [4.78, 5) is 0.0625. The highest BCUT2D eigenvalue weighted by Gasteiger charge is 2.34. The summed E-state index contributed by atoms with van der Waals surface area (Å²) < 4.78 is 31.6. The summed E-state index contributed by atoms with van der Waals surface area (Å²) >= 11 is 12.2. The Labute approximate surface area is 239 Å². The first kappa shape index (κ1) is 27.1.